The van der Waals surface area contributed by atoms with E-state index < -0.39 is 0 Å². The van der Waals surface area contributed by atoms with Crippen molar-refractivity contribution in [1.82, 2.24) is 9.78 Å². The molecular formula is C11H13BrN2. The first-order chi connectivity index (χ1) is 6.58. The quantitative estimate of drug-likeness (QED) is 0.757. The lowest BCUT2D eigenvalue weighted by molar-refractivity contribution is 0.537. The molecule has 3 heteroatoms. The number of benzene rings is 1. The Labute approximate surface area is 92.0 Å². The van der Waals surface area contributed by atoms with E-state index in [1.54, 1.807) is 0 Å². The normalized spacial score (nSPS) is 11.5. The average Bonchev–Trinajstić information content (AvgIpc) is 2.47. The number of halogens is 1. The van der Waals surface area contributed by atoms with Gasteiger partial charge in [0.05, 0.1) is 5.52 Å². The molecule has 0 aliphatic heterocycles. The van der Waals surface area contributed by atoms with Crippen molar-refractivity contribution in [3.8, 4) is 0 Å². The largest absolute Gasteiger partial charge is 0.269 e. The fraction of sp³-hybridized carbons (Fsp3) is 0.364. The highest BCUT2D eigenvalue weighted by molar-refractivity contribution is 9.10. The third-order valence-corrected chi connectivity index (χ3v) is 2.77. The van der Waals surface area contributed by atoms with Gasteiger partial charge in [-0.15, -0.1) is 0 Å². The second kappa shape index (κ2) is 3.39. The van der Waals surface area contributed by atoms with Crippen LogP contribution in [0.1, 0.15) is 25.5 Å². The number of hydrogen-bond donors (Lipinski definition) is 0. The minimum absolute atomic E-state index is 0.417. The average molecular weight is 253 g/mol. The first kappa shape index (κ1) is 9.71. The van der Waals surface area contributed by atoms with E-state index in [0.717, 1.165) is 9.99 Å². The van der Waals surface area contributed by atoms with Gasteiger partial charge >= 0.3 is 0 Å². The molecule has 0 unspecified atom stereocenters. The summed E-state index contributed by atoms with van der Waals surface area (Å²) in [6.07, 6.45) is 2.09. The maximum absolute atomic E-state index is 4.55. The van der Waals surface area contributed by atoms with E-state index in [-0.39, 0.29) is 0 Å². The molecule has 0 atom stereocenters. The molecule has 0 N–H and O–H groups in total. The Hall–Kier alpha value is -0.830. The fourth-order valence-corrected chi connectivity index (χ4v) is 2.14. The zero-order valence-electron chi connectivity index (χ0n) is 8.58. The van der Waals surface area contributed by atoms with Crippen molar-refractivity contribution in [2.24, 2.45) is 0 Å². The van der Waals surface area contributed by atoms with E-state index in [1.807, 2.05) is 4.68 Å². The zero-order valence-corrected chi connectivity index (χ0v) is 10.2. The molecule has 0 radical (unpaired) electrons. The lowest BCUT2D eigenvalue weighted by Gasteiger charge is -2.02. The third-order valence-electron chi connectivity index (χ3n) is 2.31. The van der Waals surface area contributed by atoms with Crippen LogP contribution in [0.2, 0.25) is 0 Å². The van der Waals surface area contributed by atoms with Crippen LogP contribution in [0.25, 0.3) is 10.9 Å². The zero-order chi connectivity index (χ0) is 10.3. The van der Waals surface area contributed by atoms with Crippen molar-refractivity contribution < 1.29 is 0 Å². The summed E-state index contributed by atoms with van der Waals surface area (Å²) >= 11 is 3.49. The molecule has 2 rings (SSSR count). The minimum Gasteiger partial charge on any atom is -0.269 e. The molecule has 0 spiro atoms. The minimum atomic E-state index is 0.417. The van der Waals surface area contributed by atoms with Crippen LogP contribution in [-0.2, 0) is 0 Å². The van der Waals surface area contributed by atoms with Crippen LogP contribution in [-0.4, -0.2) is 9.78 Å². The summed E-state index contributed by atoms with van der Waals surface area (Å²) in [5.74, 6) is 0. The molecule has 0 fully saturated rings. The smallest absolute Gasteiger partial charge is 0.0953 e. The lowest BCUT2D eigenvalue weighted by Crippen LogP contribution is -2.00. The second-order valence-electron chi connectivity index (χ2n) is 3.86. The van der Waals surface area contributed by atoms with E-state index in [9.17, 15) is 0 Å². The van der Waals surface area contributed by atoms with E-state index >= 15 is 0 Å². The number of rotatable bonds is 1. The standard InChI is InChI=1S/C11H13BrN2/c1-7(2)14-6-9-5-10(12)4-8(3)11(9)13-14/h4-7H,1-3H3. The third kappa shape index (κ3) is 1.57. The molecule has 1 heterocycles. The maximum Gasteiger partial charge on any atom is 0.0953 e. The Bertz CT molecular complexity index is 471. The maximum atomic E-state index is 4.55. The van der Waals surface area contributed by atoms with Crippen molar-refractivity contribution in [3.63, 3.8) is 0 Å². The summed E-state index contributed by atoms with van der Waals surface area (Å²) < 4.78 is 3.12. The van der Waals surface area contributed by atoms with Gasteiger partial charge in [-0.05, 0) is 38.5 Å². The van der Waals surface area contributed by atoms with Crippen molar-refractivity contribution in [1.29, 1.82) is 0 Å². The number of aromatic nitrogens is 2. The van der Waals surface area contributed by atoms with Gasteiger partial charge in [-0.25, -0.2) is 0 Å². The highest BCUT2D eigenvalue weighted by Crippen LogP contribution is 2.23. The summed E-state index contributed by atoms with van der Waals surface area (Å²) in [5, 5.41) is 5.75. The number of fused-ring (bicyclic) bond motifs is 1. The molecule has 2 aromatic rings. The van der Waals surface area contributed by atoms with E-state index in [0.29, 0.717) is 6.04 Å². The van der Waals surface area contributed by atoms with E-state index in [4.69, 9.17) is 0 Å². The summed E-state index contributed by atoms with van der Waals surface area (Å²) in [4.78, 5) is 0. The lowest BCUT2D eigenvalue weighted by atomic mass is 10.2. The SMILES string of the molecule is Cc1cc(Br)cc2cn(C(C)C)nc12. The van der Waals surface area contributed by atoms with Gasteiger partial charge < -0.3 is 0 Å². The summed E-state index contributed by atoms with van der Waals surface area (Å²) in [6.45, 7) is 6.36. The molecule has 14 heavy (non-hydrogen) atoms. The fourth-order valence-electron chi connectivity index (χ4n) is 1.55. The van der Waals surface area contributed by atoms with Gasteiger partial charge in [-0.2, -0.15) is 5.10 Å². The Morgan fingerprint density at radius 2 is 2.07 bits per heavy atom. The van der Waals surface area contributed by atoms with Gasteiger partial charge in [-0.1, -0.05) is 15.9 Å². The van der Waals surface area contributed by atoms with Crippen LogP contribution < -0.4 is 0 Å². The monoisotopic (exact) mass is 252 g/mol. The second-order valence-corrected chi connectivity index (χ2v) is 4.78. The molecule has 1 aromatic carbocycles. The Morgan fingerprint density at radius 3 is 2.71 bits per heavy atom. The molecule has 0 amide bonds. The van der Waals surface area contributed by atoms with Crippen LogP contribution in [0, 0.1) is 6.92 Å². The number of nitrogens with zero attached hydrogens (tertiary/aromatic N) is 2. The molecule has 0 aliphatic rings. The Morgan fingerprint density at radius 1 is 1.36 bits per heavy atom. The van der Waals surface area contributed by atoms with E-state index in [1.165, 1.54) is 10.9 Å². The molecule has 1 aromatic heterocycles. The molecule has 0 saturated carbocycles. The van der Waals surface area contributed by atoms with Gasteiger partial charge in [-0.3, -0.25) is 4.68 Å². The van der Waals surface area contributed by atoms with Crippen molar-refractivity contribution in [3.05, 3.63) is 28.4 Å². The van der Waals surface area contributed by atoms with Gasteiger partial charge in [0, 0.05) is 22.1 Å². The predicted octanol–water partition coefficient (Wildman–Crippen LogP) is 3.69. The van der Waals surface area contributed by atoms with Crippen molar-refractivity contribution in [2.45, 2.75) is 26.8 Å². The summed E-state index contributed by atoms with van der Waals surface area (Å²) in [6, 6.07) is 4.62. The van der Waals surface area contributed by atoms with Crippen LogP contribution >= 0.6 is 15.9 Å². The van der Waals surface area contributed by atoms with Gasteiger partial charge in [0.2, 0.25) is 0 Å². The predicted molar refractivity (Wildman–Crippen MR) is 62.6 cm³/mol. The summed E-state index contributed by atoms with van der Waals surface area (Å²) in [7, 11) is 0. The topological polar surface area (TPSA) is 17.8 Å². The van der Waals surface area contributed by atoms with Crippen LogP contribution in [0.15, 0.2) is 22.8 Å². The van der Waals surface area contributed by atoms with Crippen LogP contribution in [0.5, 0.6) is 0 Å². The molecule has 0 bridgehead atoms. The highest BCUT2D eigenvalue weighted by Gasteiger charge is 2.06. The van der Waals surface area contributed by atoms with E-state index in [2.05, 4.69) is 60.1 Å². The molecule has 74 valence electrons. The Balaban J connectivity index is 2.70. The molecule has 0 aliphatic carbocycles. The van der Waals surface area contributed by atoms with Crippen molar-refractivity contribution >= 4 is 26.8 Å². The number of hydrogen-bond acceptors (Lipinski definition) is 1. The molecule has 0 saturated heterocycles. The van der Waals surface area contributed by atoms with Crippen molar-refractivity contribution in [2.75, 3.05) is 0 Å². The van der Waals surface area contributed by atoms with Gasteiger partial charge in [0.15, 0.2) is 0 Å². The van der Waals surface area contributed by atoms with Crippen LogP contribution in [0.3, 0.4) is 0 Å². The highest BCUT2D eigenvalue weighted by atomic mass is 79.9. The first-order valence-corrected chi connectivity index (χ1v) is 5.52. The van der Waals surface area contributed by atoms with Crippen LogP contribution in [0.4, 0.5) is 0 Å². The molecular weight excluding hydrogens is 240 g/mol. The number of aryl methyl sites for hydroxylation is 1. The van der Waals surface area contributed by atoms with Gasteiger partial charge in [0.25, 0.3) is 0 Å². The molecule has 2 nitrogen and oxygen atoms in total. The summed E-state index contributed by atoms with van der Waals surface area (Å²) in [5.41, 5.74) is 2.32. The first-order valence-electron chi connectivity index (χ1n) is 4.73. The van der Waals surface area contributed by atoms with Gasteiger partial charge in [0.1, 0.15) is 0 Å². The Kier molecular flexibility index (Phi) is 2.35.